The van der Waals surface area contributed by atoms with Crippen LogP contribution in [0, 0.1) is 13.8 Å². The lowest BCUT2D eigenvalue weighted by Gasteiger charge is -2.18. The van der Waals surface area contributed by atoms with Gasteiger partial charge in [0.2, 0.25) is 0 Å². The van der Waals surface area contributed by atoms with E-state index in [1.807, 2.05) is 19.1 Å². The van der Waals surface area contributed by atoms with Crippen LogP contribution in [0.2, 0.25) is 0 Å². The molecule has 2 rings (SSSR count). The van der Waals surface area contributed by atoms with Crippen LogP contribution in [0.25, 0.3) is 0 Å². The average molecular weight is 387 g/mol. The summed E-state index contributed by atoms with van der Waals surface area (Å²) in [6.45, 7) is 5.28. The summed E-state index contributed by atoms with van der Waals surface area (Å²) in [6.07, 6.45) is -0.263. The highest BCUT2D eigenvalue weighted by atomic mass is 16.5. The number of methoxy groups -OCH3 is 1. The lowest BCUT2D eigenvalue weighted by molar-refractivity contribution is -0.139. The van der Waals surface area contributed by atoms with E-state index in [0.29, 0.717) is 40.5 Å². The van der Waals surface area contributed by atoms with Crippen molar-refractivity contribution in [1.29, 1.82) is 0 Å². The number of para-hydroxylation sites is 2. The van der Waals surface area contributed by atoms with E-state index in [0.717, 1.165) is 0 Å². The van der Waals surface area contributed by atoms with E-state index in [9.17, 15) is 9.59 Å². The molecule has 0 aliphatic heterocycles. The third-order valence-corrected chi connectivity index (χ3v) is 4.01. The van der Waals surface area contributed by atoms with Crippen molar-refractivity contribution in [2.24, 2.45) is 0 Å². The van der Waals surface area contributed by atoms with Gasteiger partial charge in [-0.25, -0.2) is 4.79 Å². The monoisotopic (exact) mass is 387 g/mol. The molecule has 0 aliphatic carbocycles. The number of carbonyl (C=O) groups excluding carboxylic acids is 1. The first-order chi connectivity index (χ1) is 13.3. The molecule has 1 unspecified atom stereocenters. The maximum Gasteiger partial charge on any atom is 0.341 e. The molecule has 28 heavy (non-hydrogen) atoms. The van der Waals surface area contributed by atoms with Gasteiger partial charge in [-0.1, -0.05) is 12.1 Å². The predicted octanol–water partition coefficient (Wildman–Crippen LogP) is 2.97. The Morgan fingerprint density at radius 3 is 2.29 bits per heavy atom. The molecule has 0 saturated heterocycles. The first-order valence-corrected chi connectivity index (χ1v) is 8.85. The van der Waals surface area contributed by atoms with Gasteiger partial charge in [-0.2, -0.15) is 0 Å². The van der Waals surface area contributed by atoms with Gasteiger partial charge >= 0.3 is 5.97 Å². The fourth-order valence-corrected chi connectivity index (χ4v) is 2.76. The minimum atomic E-state index is -1.05. The molecule has 0 fully saturated rings. The van der Waals surface area contributed by atoms with Gasteiger partial charge in [-0.05, 0) is 56.2 Å². The number of hydrogen-bond donors (Lipinski definition) is 2. The minimum Gasteiger partial charge on any atom is -0.493 e. The van der Waals surface area contributed by atoms with Crippen molar-refractivity contribution in [3.8, 4) is 17.2 Å². The Balaban J connectivity index is 1.98. The van der Waals surface area contributed by atoms with Gasteiger partial charge in [0.1, 0.15) is 11.9 Å². The van der Waals surface area contributed by atoms with Gasteiger partial charge in [0.15, 0.2) is 18.1 Å². The van der Waals surface area contributed by atoms with Gasteiger partial charge in [0, 0.05) is 5.56 Å². The van der Waals surface area contributed by atoms with Gasteiger partial charge in [0.05, 0.1) is 13.7 Å². The van der Waals surface area contributed by atoms with Crippen LogP contribution in [0.1, 0.15) is 28.4 Å². The molecule has 2 N–H and O–H groups in total. The Bertz CT molecular complexity index is 826. The van der Waals surface area contributed by atoms with Crippen LogP contribution in [0.5, 0.6) is 17.2 Å². The summed E-state index contributed by atoms with van der Waals surface area (Å²) >= 11 is 0. The fraction of sp³-hybridized carbons (Fsp3) is 0.333. The molecule has 2 aromatic carbocycles. The van der Waals surface area contributed by atoms with Gasteiger partial charge in [0.25, 0.3) is 5.91 Å². The Hall–Kier alpha value is -3.22. The summed E-state index contributed by atoms with van der Waals surface area (Å²) in [5.41, 5.74) is 1.87. The van der Waals surface area contributed by atoms with Gasteiger partial charge < -0.3 is 24.6 Å². The minimum absolute atomic E-state index is 0.244. The van der Waals surface area contributed by atoms with Crippen LogP contribution in [-0.4, -0.2) is 43.3 Å². The van der Waals surface area contributed by atoms with E-state index in [2.05, 4.69) is 5.32 Å². The largest absolute Gasteiger partial charge is 0.493 e. The molecular formula is C21H25NO6. The number of carbonyl (C=O) groups is 2. The predicted molar refractivity (Wildman–Crippen MR) is 104 cm³/mol. The molecule has 1 atom stereocenters. The molecule has 0 spiro atoms. The van der Waals surface area contributed by atoms with E-state index >= 15 is 0 Å². The van der Waals surface area contributed by atoms with Crippen LogP contribution < -0.4 is 19.5 Å². The summed E-state index contributed by atoms with van der Waals surface area (Å²) in [4.78, 5) is 23.2. The van der Waals surface area contributed by atoms with E-state index < -0.39 is 12.6 Å². The van der Waals surface area contributed by atoms with Crippen molar-refractivity contribution in [3.05, 3.63) is 53.1 Å². The highest BCUT2D eigenvalue weighted by Gasteiger charge is 2.14. The lowest BCUT2D eigenvalue weighted by Crippen LogP contribution is -2.33. The molecule has 1 amide bonds. The summed E-state index contributed by atoms with van der Waals surface area (Å²) in [6, 6.07) is 10.7. The molecule has 7 nitrogen and oxygen atoms in total. The number of ether oxygens (including phenoxy) is 3. The number of carboxylic acid groups (broad SMARTS) is 1. The molecule has 0 radical (unpaired) electrons. The first-order valence-electron chi connectivity index (χ1n) is 8.85. The molecule has 2 aromatic rings. The highest BCUT2D eigenvalue weighted by Crippen LogP contribution is 2.27. The standard InChI is InChI=1S/C21H25NO6/c1-13-9-16(10-14(2)20(13)27-12-19(23)24)21(25)22-11-15(3)28-18-8-6-5-7-17(18)26-4/h5-10,15H,11-12H2,1-4H3,(H,22,25)(H,23,24). The number of nitrogens with one attached hydrogen (secondary N) is 1. The molecule has 0 bridgehead atoms. The Kier molecular flexibility index (Phi) is 7.26. The molecule has 0 aliphatic rings. The maximum atomic E-state index is 12.5. The summed E-state index contributed by atoms with van der Waals surface area (Å²) in [7, 11) is 1.57. The van der Waals surface area contributed by atoms with Crippen molar-refractivity contribution in [1.82, 2.24) is 5.32 Å². The maximum absolute atomic E-state index is 12.5. The third-order valence-electron chi connectivity index (χ3n) is 4.01. The zero-order chi connectivity index (χ0) is 20.7. The first kappa shape index (κ1) is 21.1. The number of aliphatic carboxylic acids is 1. The number of rotatable bonds is 9. The zero-order valence-electron chi connectivity index (χ0n) is 16.4. The van der Waals surface area contributed by atoms with Crippen molar-refractivity contribution in [3.63, 3.8) is 0 Å². The van der Waals surface area contributed by atoms with Gasteiger partial charge in [-0.3, -0.25) is 4.79 Å². The summed E-state index contributed by atoms with van der Waals surface area (Å²) < 4.78 is 16.4. The number of aryl methyl sites for hydroxylation is 2. The average Bonchev–Trinajstić information content (AvgIpc) is 2.65. The second-order valence-electron chi connectivity index (χ2n) is 6.41. The smallest absolute Gasteiger partial charge is 0.341 e. The zero-order valence-corrected chi connectivity index (χ0v) is 16.4. The van der Waals surface area contributed by atoms with Crippen molar-refractivity contribution < 1.29 is 28.9 Å². The molecule has 7 heteroatoms. The highest BCUT2D eigenvalue weighted by molar-refractivity contribution is 5.95. The van der Waals surface area contributed by atoms with Crippen LogP contribution in [0.4, 0.5) is 0 Å². The van der Waals surface area contributed by atoms with E-state index in [-0.39, 0.29) is 12.0 Å². The molecular weight excluding hydrogens is 362 g/mol. The number of hydrogen-bond acceptors (Lipinski definition) is 5. The second kappa shape index (κ2) is 9.64. The van der Waals surface area contributed by atoms with Crippen LogP contribution in [0.3, 0.4) is 0 Å². The quantitative estimate of drug-likeness (QED) is 0.687. The fourth-order valence-electron chi connectivity index (χ4n) is 2.76. The van der Waals surface area contributed by atoms with Crippen LogP contribution >= 0.6 is 0 Å². The number of amides is 1. The second-order valence-corrected chi connectivity index (χ2v) is 6.41. The van der Waals surface area contributed by atoms with Crippen molar-refractivity contribution in [2.45, 2.75) is 26.9 Å². The van der Waals surface area contributed by atoms with E-state index in [1.54, 1.807) is 45.2 Å². The topological polar surface area (TPSA) is 94.1 Å². The Morgan fingerprint density at radius 1 is 1.11 bits per heavy atom. The molecule has 0 aromatic heterocycles. The normalized spacial score (nSPS) is 11.4. The Morgan fingerprint density at radius 2 is 1.71 bits per heavy atom. The van der Waals surface area contributed by atoms with Crippen LogP contribution in [-0.2, 0) is 4.79 Å². The SMILES string of the molecule is COc1ccccc1OC(C)CNC(=O)c1cc(C)c(OCC(=O)O)c(C)c1. The van der Waals surface area contributed by atoms with E-state index in [1.165, 1.54) is 0 Å². The lowest BCUT2D eigenvalue weighted by atomic mass is 10.0. The Labute approximate surface area is 164 Å². The molecule has 0 heterocycles. The third kappa shape index (κ3) is 5.64. The van der Waals surface area contributed by atoms with Crippen molar-refractivity contribution >= 4 is 11.9 Å². The summed E-state index contributed by atoms with van der Waals surface area (Å²) in [5, 5.41) is 11.6. The number of carboxylic acids is 1. The van der Waals surface area contributed by atoms with Crippen LogP contribution in [0.15, 0.2) is 36.4 Å². The van der Waals surface area contributed by atoms with Crippen molar-refractivity contribution in [2.75, 3.05) is 20.3 Å². The number of benzene rings is 2. The van der Waals surface area contributed by atoms with E-state index in [4.69, 9.17) is 19.3 Å². The molecule has 0 saturated carbocycles. The summed E-state index contributed by atoms with van der Waals surface area (Å²) in [5.74, 6) is 0.421. The van der Waals surface area contributed by atoms with Gasteiger partial charge in [-0.15, -0.1) is 0 Å². The molecule has 150 valence electrons.